The first-order valence-corrected chi connectivity index (χ1v) is 17.3. The maximum absolute atomic E-state index is 6.67. The lowest BCUT2D eigenvalue weighted by molar-refractivity contribution is 0.669. The number of hydrogen-bond donors (Lipinski definition) is 1. The highest BCUT2D eigenvalue weighted by atomic mass is 16.3. The van der Waals surface area contributed by atoms with E-state index in [2.05, 4.69) is 198 Å². The Hall–Kier alpha value is -6.84. The van der Waals surface area contributed by atoms with E-state index in [1.54, 1.807) is 0 Å². The van der Waals surface area contributed by atoms with Crippen LogP contribution in [0.1, 0.15) is 0 Å². The van der Waals surface area contributed by atoms with Crippen molar-refractivity contribution in [3.63, 3.8) is 0 Å². The second-order valence-corrected chi connectivity index (χ2v) is 13.1. The van der Waals surface area contributed by atoms with Crippen LogP contribution in [0.25, 0.3) is 77.1 Å². The minimum atomic E-state index is 0.857. The van der Waals surface area contributed by atoms with E-state index in [1.807, 2.05) is 0 Å². The molecule has 0 saturated carbocycles. The maximum atomic E-state index is 6.67. The van der Waals surface area contributed by atoms with Gasteiger partial charge in [-0.05, 0) is 82.4 Å². The molecule has 0 amide bonds. The van der Waals surface area contributed by atoms with Crippen LogP contribution in [-0.2, 0) is 0 Å². The molecule has 0 atom stereocenters. The Morgan fingerprint density at radius 1 is 0.353 bits per heavy atom. The van der Waals surface area contributed by atoms with Gasteiger partial charge in [0.15, 0.2) is 0 Å². The van der Waals surface area contributed by atoms with Crippen molar-refractivity contribution in [2.75, 3.05) is 4.90 Å². The Labute approximate surface area is 295 Å². The predicted molar refractivity (Wildman–Crippen MR) is 214 cm³/mol. The van der Waals surface area contributed by atoms with Crippen LogP contribution in [0.2, 0.25) is 0 Å². The summed E-state index contributed by atoms with van der Waals surface area (Å²) < 4.78 is 6.67. The van der Waals surface area contributed by atoms with E-state index < -0.39 is 0 Å². The highest BCUT2D eigenvalue weighted by Crippen LogP contribution is 2.41. The molecule has 0 aliphatic rings. The van der Waals surface area contributed by atoms with E-state index in [-0.39, 0.29) is 0 Å². The molecule has 0 unspecified atom stereocenters. The number of nitrogens with one attached hydrogen (secondary N) is 1. The fourth-order valence-corrected chi connectivity index (χ4v) is 7.50. The highest BCUT2D eigenvalue weighted by molar-refractivity contribution is 6.13. The third-order valence-corrected chi connectivity index (χ3v) is 10.0. The molecule has 0 aliphatic heterocycles. The lowest BCUT2D eigenvalue weighted by atomic mass is 10.0. The molecule has 10 rings (SSSR count). The Kier molecular flexibility index (Phi) is 6.81. The van der Waals surface area contributed by atoms with Crippen molar-refractivity contribution in [1.29, 1.82) is 0 Å². The molecule has 3 nitrogen and oxygen atoms in total. The third-order valence-electron chi connectivity index (χ3n) is 10.0. The molecular weight excluding hydrogens is 621 g/mol. The summed E-state index contributed by atoms with van der Waals surface area (Å²) in [7, 11) is 0. The molecular formula is C48H32N2O. The molecule has 1 N–H and O–H groups in total. The van der Waals surface area contributed by atoms with Crippen LogP contribution in [-0.4, -0.2) is 4.98 Å². The van der Waals surface area contributed by atoms with Crippen molar-refractivity contribution in [2.45, 2.75) is 0 Å². The van der Waals surface area contributed by atoms with Gasteiger partial charge in [-0.2, -0.15) is 0 Å². The highest BCUT2D eigenvalue weighted by Gasteiger charge is 2.17. The van der Waals surface area contributed by atoms with Crippen LogP contribution in [0, 0.1) is 0 Å². The Morgan fingerprint density at radius 3 is 1.53 bits per heavy atom. The minimum Gasteiger partial charge on any atom is -0.456 e. The first-order valence-electron chi connectivity index (χ1n) is 17.3. The van der Waals surface area contributed by atoms with Gasteiger partial charge in [-0.1, -0.05) is 127 Å². The van der Waals surface area contributed by atoms with E-state index in [4.69, 9.17) is 4.42 Å². The van der Waals surface area contributed by atoms with Crippen molar-refractivity contribution in [2.24, 2.45) is 0 Å². The van der Waals surface area contributed by atoms with Crippen LogP contribution < -0.4 is 4.90 Å². The Balaban J connectivity index is 1.07. The fourth-order valence-electron chi connectivity index (χ4n) is 7.50. The molecule has 0 spiro atoms. The first-order chi connectivity index (χ1) is 25.3. The second-order valence-electron chi connectivity index (χ2n) is 13.1. The number of anilines is 3. The van der Waals surface area contributed by atoms with Crippen LogP contribution >= 0.6 is 0 Å². The molecule has 10 aromatic rings. The number of para-hydroxylation sites is 2. The third kappa shape index (κ3) is 5.06. The van der Waals surface area contributed by atoms with Gasteiger partial charge in [0.25, 0.3) is 0 Å². The van der Waals surface area contributed by atoms with Gasteiger partial charge < -0.3 is 14.3 Å². The standard InChI is InChI=1S/C48H32N2O/c1-3-10-32(11-4-1)34-18-23-37(24-19-34)50(38-25-20-35(21-26-38)33-12-5-2-6-13-33)39-27-29-43-42-28-22-36(30-46(42)51-47(43)31-39)40-15-9-16-44-41-14-7-8-17-45(41)49-48(40)44/h1-31,49H. The van der Waals surface area contributed by atoms with Gasteiger partial charge in [-0.3, -0.25) is 0 Å². The van der Waals surface area contributed by atoms with E-state index >= 15 is 0 Å². The largest absolute Gasteiger partial charge is 0.456 e. The van der Waals surface area contributed by atoms with Crippen molar-refractivity contribution < 1.29 is 4.42 Å². The minimum absolute atomic E-state index is 0.857. The molecule has 0 aliphatic carbocycles. The summed E-state index contributed by atoms with van der Waals surface area (Å²) in [4.78, 5) is 5.96. The summed E-state index contributed by atoms with van der Waals surface area (Å²) in [6.07, 6.45) is 0. The molecule has 0 bridgehead atoms. The van der Waals surface area contributed by atoms with Gasteiger partial charge >= 0.3 is 0 Å². The monoisotopic (exact) mass is 652 g/mol. The van der Waals surface area contributed by atoms with Crippen molar-refractivity contribution in [3.8, 4) is 33.4 Å². The number of H-pyrrole nitrogens is 1. The number of aromatic nitrogens is 1. The average Bonchev–Trinajstić information content (AvgIpc) is 3.77. The molecule has 2 heterocycles. The summed E-state index contributed by atoms with van der Waals surface area (Å²) in [6.45, 7) is 0. The summed E-state index contributed by atoms with van der Waals surface area (Å²) in [5.74, 6) is 0. The maximum Gasteiger partial charge on any atom is 0.137 e. The number of fused-ring (bicyclic) bond motifs is 6. The van der Waals surface area contributed by atoms with Crippen LogP contribution in [0.3, 0.4) is 0 Å². The number of hydrogen-bond acceptors (Lipinski definition) is 2. The lowest BCUT2D eigenvalue weighted by Crippen LogP contribution is -2.09. The molecule has 0 fully saturated rings. The zero-order valence-corrected chi connectivity index (χ0v) is 27.8. The Morgan fingerprint density at radius 2 is 0.863 bits per heavy atom. The van der Waals surface area contributed by atoms with Gasteiger partial charge in [-0.15, -0.1) is 0 Å². The summed E-state index contributed by atoms with van der Waals surface area (Å²) in [6, 6.07) is 66.8. The SMILES string of the molecule is c1ccc(-c2ccc(N(c3ccc(-c4ccccc4)cc3)c3ccc4c(c3)oc3cc(-c5cccc6c5[nH]c5ccccc56)ccc34)cc2)cc1. The summed E-state index contributed by atoms with van der Waals surface area (Å²) >= 11 is 0. The van der Waals surface area contributed by atoms with Crippen LogP contribution in [0.4, 0.5) is 17.1 Å². The van der Waals surface area contributed by atoms with E-state index in [9.17, 15) is 0 Å². The molecule has 0 saturated heterocycles. The smallest absolute Gasteiger partial charge is 0.137 e. The molecule has 240 valence electrons. The number of rotatable bonds is 6. The van der Waals surface area contributed by atoms with E-state index in [0.29, 0.717) is 0 Å². The molecule has 0 radical (unpaired) electrons. The zero-order chi connectivity index (χ0) is 33.7. The molecule has 3 heteroatoms. The lowest BCUT2D eigenvalue weighted by Gasteiger charge is -2.26. The second kappa shape index (κ2) is 11.9. The van der Waals surface area contributed by atoms with Crippen molar-refractivity contribution in [3.05, 3.63) is 188 Å². The summed E-state index contributed by atoms with van der Waals surface area (Å²) in [5.41, 5.74) is 14.3. The normalized spacial score (nSPS) is 11.5. The fraction of sp³-hybridized carbons (Fsp3) is 0. The summed E-state index contributed by atoms with van der Waals surface area (Å²) in [5, 5.41) is 4.67. The van der Waals surface area contributed by atoms with Crippen LogP contribution in [0.5, 0.6) is 0 Å². The Bertz CT molecular complexity index is 2750. The average molecular weight is 653 g/mol. The van der Waals surface area contributed by atoms with Crippen LogP contribution in [0.15, 0.2) is 192 Å². The van der Waals surface area contributed by atoms with Gasteiger partial charge in [0, 0.05) is 55.8 Å². The number of aromatic amines is 1. The number of benzene rings is 8. The first kappa shape index (κ1) is 29.1. The molecule has 8 aromatic carbocycles. The van der Waals surface area contributed by atoms with Gasteiger partial charge in [0.05, 0.1) is 5.52 Å². The van der Waals surface area contributed by atoms with E-state index in [1.165, 1.54) is 33.0 Å². The molecule has 2 aromatic heterocycles. The van der Waals surface area contributed by atoms with Crippen molar-refractivity contribution >= 4 is 60.8 Å². The van der Waals surface area contributed by atoms with Gasteiger partial charge in [-0.25, -0.2) is 0 Å². The quantitative estimate of drug-likeness (QED) is 0.194. The predicted octanol–water partition coefficient (Wildman–Crippen LogP) is 13.7. The topological polar surface area (TPSA) is 32.2 Å². The van der Waals surface area contributed by atoms with Gasteiger partial charge in [0.1, 0.15) is 11.2 Å². The van der Waals surface area contributed by atoms with Crippen molar-refractivity contribution in [1.82, 2.24) is 4.98 Å². The number of furan rings is 1. The molecule has 51 heavy (non-hydrogen) atoms. The number of nitrogens with zero attached hydrogens (tertiary/aromatic N) is 1. The zero-order valence-electron chi connectivity index (χ0n) is 27.8. The van der Waals surface area contributed by atoms with Gasteiger partial charge in [0.2, 0.25) is 0 Å². The van der Waals surface area contributed by atoms with E-state index in [0.717, 1.165) is 61.2 Å².